The third kappa shape index (κ3) is 4.35. The van der Waals surface area contributed by atoms with Crippen molar-refractivity contribution >= 4 is 26.6 Å². The Morgan fingerprint density at radius 1 is 0.862 bits per heavy atom. The number of sulfone groups is 1. The van der Waals surface area contributed by atoms with E-state index in [1.807, 2.05) is 60.7 Å². The second-order valence-corrected chi connectivity index (χ2v) is 9.73. The number of hydrogen-bond acceptors (Lipinski definition) is 4. The van der Waals surface area contributed by atoms with Crippen LogP contribution >= 0.6 is 0 Å². The van der Waals surface area contributed by atoms with E-state index in [0.717, 1.165) is 29.2 Å². The molecule has 0 radical (unpaired) electrons. The van der Waals surface area contributed by atoms with E-state index in [1.165, 1.54) is 0 Å². The Labute approximate surface area is 171 Å². The van der Waals surface area contributed by atoms with Gasteiger partial charge in [0.25, 0.3) is 0 Å². The first-order valence-electron chi connectivity index (χ1n) is 10.0. The molecule has 0 saturated heterocycles. The largest absolute Gasteiger partial charge is 0.461 e. The van der Waals surface area contributed by atoms with Gasteiger partial charge in [0, 0.05) is 0 Å². The Morgan fingerprint density at radius 2 is 1.55 bits per heavy atom. The van der Waals surface area contributed by atoms with Crippen LogP contribution in [0, 0.1) is 0 Å². The van der Waals surface area contributed by atoms with Gasteiger partial charge in [-0.2, -0.15) is 0 Å². The first-order chi connectivity index (χ1) is 14.0. The van der Waals surface area contributed by atoms with E-state index in [9.17, 15) is 13.2 Å². The molecule has 1 aliphatic rings. The summed E-state index contributed by atoms with van der Waals surface area (Å²) in [7, 11) is -3.60. The number of carbonyl (C=O) groups is 1. The standard InChI is InChI=1S/C24H24O4S/c25-24(16-18-8-2-1-3-9-18)28-22-12-6-7-13-23(22)29(26,27)21-15-14-19-10-4-5-11-20(19)17-21/h1-5,8-11,14-15,17,22-23H,6-7,12-13,16H2/t22-,23-/m1/s1. The lowest BCUT2D eigenvalue weighted by molar-refractivity contribution is -0.149. The molecule has 0 heterocycles. The van der Waals surface area contributed by atoms with Crippen LogP contribution < -0.4 is 0 Å². The average molecular weight is 409 g/mol. The van der Waals surface area contributed by atoms with Crippen LogP contribution in [-0.2, 0) is 25.8 Å². The summed E-state index contributed by atoms with van der Waals surface area (Å²) in [5.74, 6) is -0.373. The Morgan fingerprint density at radius 3 is 2.34 bits per heavy atom. The molecule has 150 valence electrons. The van der Waals surface area contributed by atoms with Crippen molar-refractivity contribution in [2.45, 2.75) is 48.4 Å². The molecule has 0 amide bonds. The Kier molecular flexibility index (Phi) is 5.67. The summed E-state index contributed by atoms with van der Waals surface area (Å²) in [5, 5.41) is 1.19. The highest BCUT2D eigenvalue weighted by Gasteiger charge is 2.39. The lowest BCUT2D eigenvalue weighted by Crippen LogP contribution is -2.40. The average Bonchev–Trinajstić information content (AvgIpc) is 2.74. The van der Waals surface area contributed by atoms with E-state index in [2.05, 4.69) is 0 Å². The highest BCUT2D eigenvalue weighted by molar-refractivity contribution is 7.92. The van der Waals surface area contributed by atoms with Gasteiger partial charge in [-0.15, -0.1) is 0 Å². The molecule has 0 aromatic heterocycles. The van der Waals surface area contributed by atoms with Crippen LogP contribution in [0.15, 0.2) is 77.7 Å². The second kappa shape index (κ2) is 8.37. The van der Waals surface area contributed by atoms with Crippen molar-refractivity contribution in [1.29, 1.82) is 0 Å². The van der Waals surface area contributed by atoms with Crippen molar-refractivity contribution in [3.05, 3.63) is 78.4 Å². The molecular formula is C24H24O4S. The van der Waals surface area contributed by atoms with Gasteiger partial charge in [0.2, 0.25) is 0 Å². The molecule has 0 N–H and O–H groups in total. The number of hydrogen-bond donors (Lipinski definition) is 0. The highest BCUT2D eigenvalue weighted by atomic mass is 32.2. The number of esters is 1. The molecule has 29 heavy (non-hydrogen) atoms. The van der Waals surface area contributed by atoms with Gasteiger partial charge in [-0.1, -0.05) is 67.1 Å². The van der Waals surface area contributed by atoms with Crippen molar-refractivity contribution in [3.63, 3.8) is 0 Å². The van der Waals surface area contributed by atoms with Gasteiger partial charge >= 0.3 is 5.97 Å². The van der Waals surface area contributed by atoms with Gasteiger partial charge in [-0.25, -0.2) is 8.42 Å². The zero-order valence-corrected chi connectivity index (χ0v) is 17.0. The maximum absolute atomic E-state index is 13.4. The highest BCUT2D eigenvalue weighted by Crippen LogP contribution is 2.32. The maximum Gasteiger partial charge on any atom is 0.310 e. The van der Waals surface area contributed by atoms with Crippen LogP contribution in [0.5, 0.6) is 0 Å². The normalized spacial score (nSPS) is 19.7. The van der Waals surface area contributed by atoms with E-state index in [1.54, 1.807) is 12.1 Å². The smallest absolute Gasteiger partial charge is 0.310 e. The van der Waals surface area contributed by atoms with Crippen molar-refractivity contribution in [1.82, 2.24) is 0 Å². The molecule has 0 unspecified atom stereocenters. The van der Waals surface area contributed by atoms with Gasteiger partial charge in [-0.05, 0) is 47.7 Å². The lowest BCUT2D eigenvalue weighted by Gasteiger charge is -2.31. The molecule has 5 heteroatoms. The zero-order valence-electron chi connectivity index (χ0n) is 16.2. The van der Waals surface area contributed by atoms with Gasteiger partial charge < -0.3 is 4.74 Å². The molecule has 2 atom stereocenters. The van der Waals surface area contributed by atoms with Crippen LogP contribution in [-0.4, -0.2) is 25.7 Å². The summed E-state index contributed by atoms with van der Waals surface area (Å²) in [6, 6.07) is 22.3. The minimum atomic E-state index is -3.60. The van der Waals surface area contributed by atoms with Crippen molar-refractivity contribution in [2.75, 3.05) is 0 Å². The van der Waals surface area contributed by atoms with Gasteiger partial charge in [-0.3, -0.25) is 4.79 Å². The lowest BCUT2D eigenvalue weighted by atomic mass is 9.97. The Bertz CT molecular complexity index is 1110. The fourth-order valence-corrected chi connectivity index (χ4v) is 6.01. The predicted molar refractivity (Wildman–Crippen MR) is 113 cm³/mol. The van der Waals surface area contributed by atoms with Crippen LogP contribution in [0.1, 0.15) is 31.2 Å². The molecule has 0 aliphatic heterocycles. The predicted octanol–water partition coefficient (Wildman–Crippen LogP) is 4.71. The minimum absolute atomic E-state index is 0.153. The summed E-state index contributed by atoms with van der Waals surface area (Å²) in [6.07, 6.45) is 2.34. The SMILES string of the molecule is O=C(Cc1ccccc1)O[C@@H]1CCCC[C@H]1S(=O)(=O)c1ccc2ccccc2c1. The molecule has 1 aliphatic carbocycles. The number of rotatable bonds is 5. The second-order valence-electron chi connectivity index (χ2n) is 7.57. The van der Waals surface area contributed by atoms with Crippen LogP contribution in [0.3, 0.4) is 0 Å². The fourth-order valence-electron chi connectivity index (χ4n) is 4.04. The number of ether oxygens (including phenoxy) is 1. The molecule has 0 bridgehead atoms. The third-order valence-electron chi connectivity index (χ3n) is 5.56. The summed E-state index contributed by atoms with van der Waals surface area (Å²) in [6.45, 7) is 0. The molecule has 4 rings (SSSR count). The van der Waals surface area contributed by atoms with Crippen molar-refractivity contribution in [2.24, 2.45) is 0 Å². The first kappa shape index (κ1) is 19.6. The summed E-state index contributed by atoms with van der Waals surface area (Å²) >= 11 is 0. The number of fused-ring (bicyclic) bond motifs is 1. The topological polar surface area (TPSA) is 60.4 Å². The van der Waals surface area contributed by atoms with E-state index in [0.29, 0.717) is 17.7 Å². The van der Waals surface area contributed by atoms with Crippen molar-refractivity contribution < 1.29 is 17.9 Å². The Hall–Kier alpha value is -2.66. The van der Waals surface area contributed by atoms with Crippen LogP contribution in [0.25, 0.3) is 10.8 Å². The van der Waals surface area contributed by atoms with E-state index < -0.39 is 21.2 Å². The number of benzene rings is 3. The van der Waals surface area contributed by atoms with E-state index >= 15 is 0 Å². The third-order valence-corrected chi connectivity index (χ3v) is 7.81. The summed E-state index contributed by atoms with van der Waals surface area (Å²) in [4.78, 5) is 12.7. The summed E-state index contributed by atoms with van der Waals surface area (Å²) < 4.78 is 32.5. The molecule has 1 saturated carbocycles. The molecule has 0 spiro atoms. The van der Waals surface area contributed by atoms with Crippen LogP contribution in [0.2, 0.25) is 0 Å². The summed E-state index contributed by atoms with van der Waals surface area (Å²) in [5.41, 5.74) is 0.863. The van der Waals surface area contributed by atoms with Crippen molar-refractivity contribution in [3.8, 4) is 0 Å². The fraction of sp³-hybridized carbons (Fsp3) is 0.292. The van der Waals surface area contributed by atoms with Gasteiger partial charge in [0.1, 0.15) is 11.4 Å². The van der Waals surface area contributed by atoms with Gasteiger partial charge in [0.15, 0.2) is 9.84 Å². The van der Waals surface area contributed by atoms with E-state index in [4.69, 9.17) is 4.74 Å². The molecule has 4 nitrogen and oxygen atoms in total. The minimum Gasteiger partial charge on any atom is -0.461 e. The quantitative estimate of drug-likeness (QED) is 0.574. The molecule has 3 aromatic rings. The Balaban J connectivity index is 1.56. The van der Waals surface area contributed by atoms with Gasteiger partial charge in [0.05, 0.1) is 11.3 Å². The molecule has 3 aromatic carbocycles. The zero-order chi connectivity index (χ0) is 20.3. The maximum atomic E-state index is 13.4. The van der Waals surface area contributed by atoms with Crippen LogP contribution in [0.4, 0.5) is 0 Å². The number of carbonyl (C=O) groups excluding carboxylic acids is 1. The molecular weight excluding hydrogens is 384 g/mol. The monoisotopic (exact) mass is 408 g/mol. The molecule has 1 fully saturated rings. The first-order valence-corrected chi connectivity index (χ1v) is 11.5. The van der Waals surface area contributed by atoms with E-state index in [-0.39, 0.29) is 12.4 Å².